The van der Waals surface area contributed by atoms with Crippen LogP contribution < -0.4 is 9.60 Å². The molecule has 0 saturated carbocycles. The van der Waals surface area contributed by atoms with Crippen LogP contribution in [0.2, 0.25) is 5.02 Å². The molecule has 0 bridgehead atoms. The van der Waals surface area contributed by atoms with Crippen LogP contribution in [0.5, 0.6) is 0 Å². The van der Waals surface area contributed by atoms with E-state index in [1.165, 1.54) is 12.1 Å². The highest BCUT2D eigenvalue weighted by Gasteiger charge is 2.17. The zero-order valence-electron chi connectivity index (χ0n) is 14.6. The van der Waals surface area contributed by atoms with E-state index in [-0.39, 0.29) is 16.3 Å². The van der Waals surface area contributed by atoms with E-state index in [2.05, 4.69) is 4.72 Å². The van der Waals surface area contributed by atoms with Crippen molar-refractivity contribution in [3.05, 3.63) is 62.7 Å². The number of thiazole rings is 1. The van der Waals surface area contributed by atoms with Gasteiger partial charge in [-0.3, -0.25) is 9.36 Å². The van der Waals surface area contributed by atoms with Crippen LogP contribution >= 0.6 is 22.9 Å². The van der Waals surface area contributed by atoms with Crippen molar-refractivity contribution in [1.29, 1.82) is 0 Å². The summed E-state index contributed by atoms with van der Waals surface area (Å²) in [6, 6.07) is 12.0. The summed E-state index contributed by atoms with van der Waals surface area (Å²) in [7, 11) is -2.07. The van der Waals surface area contributed by atoms with Crippen molar-refractivity contribution in [3.8, 4) is 0 Å². The van der Waals surface area contributed by atoms with Gasteiger partial charge in [-0.05, 0) is 36.2 Å². The van der Waals surface area contributed by atoms with Crippen molar-refractivity contribution >= 4 is 43.2 Å². The molecule has 1 aromatic heterocycles. The number of fused-ring (bicyclic) bond motifs is 1. The Bertz CT molecular complexity index is 1110. The second kappa shape index (κ2) is 8.53. The lowest BCUT2D eigenvalue weighted by atomic mass is 10.2. The summed E-state index contributed by atoms with van der Waals surface area (Å²) in [5.74, 6) is 0. The van der Waals surface area contributed by atoms with E-state index in [9.17, 15) is 13.2 Å². The first-order valence-corrected chi connectivity index (χ1v) is 11.0. The standard InChI is InChI=1S/C18H19ClN2O4S2/c1-25-10-4-9-20-27(23,24)14-7-8-16-17(11-14)26-18(22)21(16)12-13-5-2-3-6-15(13)19/h2-3,5-8,11,20H,4,9-10,12H2,1H3. The van der Waals surface area contributed by atoms with Crippen molar-refractivity contribution in [2.24, 2.45) is 0 Å². The molecule has 6 nitrogen and oxygen atoms in total. The molecule has 9 heteroatoms. The lowest BCUT2D eigenvalue weighted by Gasteiger charge is -2.08. The van der Waals surface area contributed by atoms with Gasteiger partial charge in [-0.25, -0.2) is 13.1 Å². The average Bonchev–Trinajstić information content (AvgIpc) is 2.95. The van der Waals surface area contributed by atoms with E-state index in [0.29, 0.717) is 34.8 Å². The van der Waals surface area contributed by atoms with Gasteiger partial charge in [0.2, 0.25) is 10.0 Å². The fraction of sp³-hybridized carbons (Fsp3) is 0.278. The summed E-state index contributed by atoms with van der Waals surface area (Å²) < 4.78 is 34.5. The minimum atomic E-state index is -3.63. The summed E-state index contributed by atoms with van der Waals surface area (Å²) in [6.45, 7) is 1.10. The molecule has 144 valence electrons. The van der Waals surface area contributed by atoms with Crippen molar-refractivity contribution in [3.63, 3.8) is 0 Å². The van der Waals surface area contributed by atoms with Gasteiger partial charge in [0.1, 0.15) is 0 Å². The maximum Gasteiger partial charge on any atom is 0.308 e. The highest BCUT2D eigenvalue weighted by atomic mass is 35.5. The molecule has 0 aliphatic rings. The first-order valence-electron chi connectivity index (χ1n) is 8.28. The van der Waals surface area contributed by atoms with Gasteiger partial charge in [0, 0.05) is 25.3 Å². The van der Waals surface area contributed by atoms with Gasteiger partial charge in [-0.1, -0.05) is 41.1 Å². The molecule has 3 aromatic rings. The molecule has 0 radical (unpaired) electrons. The summed E-state index contributed by atoms with van der Waals surface area (Å²) in [6.07, 6.45) is 0.583. The monoisotopic (exact) mass is 426 g/mol. The molecule has 0 saturated heterocycles. The van der Waals surface area contributed by atoms with Gasteiger partial charge >= 0.3 is 4.87 Å². The number of sulfonamides is 1. The van der Waals surface area contributed by atoms with Crippen molar-refractivity contribution < 1.29 is 13.2 Å². The van der Waals surface area contributed by atoms with Gasteiger partial charge in [-0.15, -0.1) is 0 Å². The van der Waals surface area contributed by atoms with Gasteiger partial charge in [0.25, 0.3) is 0 Å². The number of hydrogen-bond donors (Lipinski definition) is 1. The zero-order valence-corrected chi connectivity index (χ0v) is 17.0. The highest BCUT2D eigenvalue weighted by Crippen LogP contribution is 2.24. The van der Waals surface area contributed by atoms with Crippen molar-refractivity contribution in [2.45, 2.75) is 17.9 Å². The Morgan fingerprint density at radius 3 is 2.74 bits per heavy atom. The van der Waals surface area contributed by atoms with E-state index < -0.39 is 10.0 Å². The second-order valence-electron chi connectivity index (χ2n) is 5.92. The lowest BCUT2D eigenvalue weighted by Crippen LogP contribution is -2.25. The van der Waals surface area contributed by atoms with Gasteiger partial charge in [-0.2, -0.15) is 0 Å². The lowest BCUT2D eigenvalue weighted by molar-refractivity contribution is 0.196. The summed E-state index contributed by atoms with van der Waals surface area (Å²) in [4.78, 5) is 12.4. The number of methoxy groups -OCH3 is 1. The van der Waals surface area contributed by atoms with E-state index >= 15 is 0 Å². The molecule has 0 amide bonds. The molecule has 0 aliphatic carbocycles. The topological polar surface area (TPSA) is 77.4 Å². The van der Waals surface area contributed by atoms with Crippen molar-refractivity contribution in [1.82, 2.24) is 9.29 Å². The van der Waals surface area contributed by atoms with E-state index in [1.807, 2.05) is 18.2 Å². The van der Waals surface area contributed by atoms with Crippen LogP contribution in [0.15, 0.2) is 52.2 Å². The molecule has 0 spiro atoms. The third-order valence-electron chi connectivity index (χ3n) is 4.05. The Morgan fingerprint density at radius 1 is 1.22 bits per heavy atom. The van der Waals surface area contributed by atoms with E-state index in [0.717, 1.165) is 16.9 Å². The van der Waals surface area contributed by atoms with E-state index in [4.69, 9.17) is 16.3 Å². The Kier molecular flexibility index (Phi) is 6.33. The number of aromatic nitrogens is 1. The van der Waals surface area contributed by atoms with Gasteiger partial charge in [0.05, 0.1) is 21.7 Å². The number of halogens is 1. The van der Waals surface area contributed by atoms with Crippen LogP contribution in [-0.4, -0.2) is 33.2 Å². The zero-order chi connectivity index (χ0) is 19.4. The molecule has 0 fully saturated rings. The quantitative estimate of drug-likeness (QED) is 0.561. The fourth-order valence-electron chi connectivity index (χ4n) is 2.67. The van der Waals surface area contributed by atoms with E-state index in [1.54, 1.807) is 23.8 Å². The first-order chi connectivity index (χ1) is 12.9. The summed E-state index contributed by atoms with van der Waals surface area (Å²) in [5, 5.41) is 0.586. The van der Waals surface area contributed by atoms with Crippen LogP contribution in [0.4, 0.5) is 0 Å². The number of benzene rings is 2. The third-order valence-corrected chi connectivity index (χ3v) is 6.82. The van der Waals surface area contributed by atoms with Crippen LogP contribution in [0.3, 0.4) is 0 Å². The van der Waals surface area contributed by atoms with Crippen LogP contribution in [0.1, 0.15) is 12.0 Å². The fourth-order valence-corrected chi connectivity index (χ4v) is 4.97. The van der Waals surface area contributed by atoms with Gasteiger partial charge < -0.3 is 4.74 Å². The Balaban J connectivity index is 1.89. The average molecular weight is 427 g/mol. The molecule has 1 N–H and O–H groups in total. The molecule has 27 heavy (non-hydrogen) atoms. The third kappa shape index (κ3) is 4.59. The molecule has 1 heterocycles. The molecule has 0 aliphatic heterocycles. The molecule has 0 unspecified atom stereocenters. The number of nitrogens with zero attached hydrogens (tertiary/aromatic N) is 1. The SMILES string of the molecule is COCCCNS(=O)(=O)c1ccc2c(c1)sc(=O)n2Cc1ccccc1Cl. The number of nitrogens with one attached hydrogen (secondary N) is 1. The van der Waals surface area contributed by atoms with Crippen LogP contribution in [-0.2, 0) is 21.3 Å². The van der Waals surface area contributed by atoms with Gasteiger partial charge in [0.15, 0.2) is 0 Å². The predicted octanol–water partition coefficient (Wildman–Crippen LogP) is 3.08. The Hall–Kier alpha value is -1.71. The maximum atomic E-state index is 12.4. The highest BCUT2D eigenvalue weighted by molar-refractivity contribution is 7.89. The first kappa shape index (κ1) is 20.0. The summed E-state index contributed by atoms with van der Waals surface area (Å²) >= 11 is 7.21. The Labute approximate surface area is 166 Å². The maximum absolute atomic E-state index is 12.4. The number of rotatable bonds is 8. The molecular weight excluding hydrogens is 408 g/mol. The Morgan fingerprint density at radius 2 is 2.00 bits per heavy atom. The minimum absolute atomic E-state index is 0.138. The van der Waals surface area contributed by atoms with Crippen molar-refractivity contribution in [2.75, 3.05) is 20.3 Å². The summed E-state index contributed by atoms with van der Waals surface area (Å²) in [5.41, 5.74) is 1.51. The molecule has 0 atom stereocenters. The predicted molar refractivity (Wildman–Crippen MR) is 108 cm³/mol. The number of hydrogen-bond acceptors (Lipinski definition) is 5. The van der Waals surface area contributed by atoms with Crippen LogP contribution in [0.25, 0.3) is 10.2 Å². The smallest absolute Gasteiger partial charge is 0.308 e. The molecular formula is C18H19ClN2O4S2. The largest absolute Gasteiger partial charge is 0.385 e. The normalized spacial score (nSPS) is 11.9. The van der Waals surface area contributed by atoms with Crippen LogP contribution in [0, 0.1) is 0 Å². The number of ether oxygens (including phenoxy) is 1. The minimum Gasteiger partial charge on any atom is -0.385 e. The molecule has 3 rings (SSSR count). The molecule has 2 aromatic carbocycles. The second-order valence-corrected chi connectivity index (χ2v) is 9.09.